The van der Waals surface area contributed by atoms with Crippen molar-refractivity contribution in [1.82, 2.24) is 15.5 Å². The molecule has 1 atom stereocenters. The number of benzene rings is 1. The fourth-order valence-corrected chi connectivity index (χ4v) is 2.98. The van der Waals surface area contributed by atoms with E-state index >= 15 is 0 Å². The zero-order valence-electron chi connectivity index (χ0n) is 13.3. The molecule has 23 heavy (non-hydrogen) atoms. The highest BCUT2D eigenvalue weighted by Gasteiger charge is 2.25. The van der Waals surface area contributed by atoms with E-state index in [1.807, 2.05) is 38.1 Å². The third-order valence-corrected chi connectivity index (χ3v) is 4.27. The van der Waals surface area contributed by atoms with Gasteiger partial charge < -0.3 is 10.6 Å². The number of nitrogens with zero attached hydrogens (tertiary/aromatic N) is 1. The van der Waals surface area contributed by atoms with Gasteiger partial charge in [-0.3, -0.25) is 14.7 Å². The molecule has 0 fully saturated rings. The third-order valence-electron chi connectivity index (χ3n) is 4.27. The molecular formula is C17H20N4O2. The molecule has 0 spiro atoms. The number of amides is 2. The number of aryl methyl sites for hydroxylation is 2. The van der Waals surface area contributed by atoms with Crippen molar-refractivity contribution in [3.63, 3.8) is 0 Å². The molecule has 1 aliphatic rings. The summed E-state index contributed by atoms with van der Waals surface area (Å²) in [7, 11) is 0. The Hall–Kier alpha value is -2.63. The number of hydrogen-bond acceptors (Lipinski definition) is 3. The summed E-state index contributed by atoms with van der Waals surface area (Å²) in [5, 5.41) is 12.8. The maximum atomic E-state index is 12.2. The molecule has 1 aromatic carbocycles. The Labute approximate surface area is 134 Å². The van der Waals surface area contributed by atoms with Crippen LogP contribution in [0.3, 0.4) is 0 Å². The van der Waals surface area contributed by atoms with Crippen molar-refractivity contribution in [1.29, 1.82) is 0 Å². The molecule has 6 heteroatoms. The third kappa shape index (κ3) is 3.26. The molecule has 3 rings (SSSR count). The van der Waals surface area contributed by atoms with E-state index in [0.717, 1.165) is 28.2 Å². The molecule has 0 aliphatic carbocycles. The van der Waals surface area contributed by atoms with Gasteiger partial charge in [-0.2, -0.15) is 5.10 Å². The van der Waals surface area contributed by atoms with Gasteiger partial charge in [-0.15, -0.1) is 0 Å². The van der Waals surface area contributed by atoms with Crippen LogP contribution < -0.4 is 10.6 Å². The van der Waals surface area contributed by atoms with Gasteiger partial charge in [0.15, 0.2) is 0 Å². The zero-order chi connectivity index (χ0) is 16.4. The van der Waals surface area contributed by atoms with Crippen molar-refractivity contribution in [3.8, 4) is 0 Å². The topological polar surface area (TPSA) is 86.9 Å². The lowest BCUT2D eigenvalue weighted by molar-refractivity contribution is -0.121. The molecule has 0 saturated heterocycles. The number of para-hydroxylation sites is 1. The first-order valence-electron chi connectivity index (χ1n) is 7.70. The molecule has 0 bridgehead atoms. The largest absolute Gasteiger partial charge is 0.355 e. The van der Waals surface area contributed by atoms with E-state index in [9.17, 15) is 9.59 Å². The summed E-state index contributed by atoms with van der Waals surface area (Å²) in [6.45, 7) is 4.25. The van der Waals surface area contributed by atoms with Gasteiger partial charge in [0.1, 0.15) is 0 Å². The lowest BCUT2D eigenvalue weighted by Gasteiger charge is -2.25. The molecule has 0 radical (unpaired) electrons. The summed E-state index contributed by atoms with van der Waals surface area (Å²) in [5.41, 5.74) is 4.61. The summed E-state index contributed by atoms with van der Waals surface area (Å²) in [6.07, 6.45) is 0.690. The van der Waals surface area contributed by atoms with Crippen LogP contribution in [0.4, 0.5) is 5.69 Å². The van der Waals surface area contributed by atoms with Crippen molar-refractivity contribution in [3.05, 3.63) is 46.8 Å². The van der Waals surface area contributed by atoms with Crippen LogP contribution in [0.2, 0.25) is 0 Å². The maximum Gasteiger partial charge on any atom is 0.225 e. The number of nitrogens with one attached hydrogen (secondary N) is 3. The Balaban J connectivity index is 1.64. The molecule has 2 heterocycles. The molecule has 1 aromatic heterocycles. The SMILES string of the molecule is Cc1n[nH]c(C)c1CC(=O)NCC1CC(=O)Nc2ccccc21. The molecular weight excluding hydrogens is 292 g/mol. The fourth-order valence-electron chi connectivity index (χ4n) is 2.98. The number of fused-ring (bicyclic) bond motifs is 1. The molecule has 2 aromatic rings. The highest BCUT2D eigenvalue weighted by atomic mass is 16.2. The van der Waals surface area contributed by atoms with Crippen molar-refractivity contribution in [2.75, 3.05) is 11.9 Å². The molecule has 1 unspecified atom stereocenters. The second-order valence-electron chi connectivity index (χ2n) is 5.93. The predicted octanol–water partition coefficient (Wildman–Crippen LogP) is 1.81. The van der Waals surface area contributed by atoms with Crippen LogP contribution in [0.15, 0.2) is 24.3 Å². The summed E-state index contributed by atoms with van der Waals surface area (Å²) in [6, 6.07) is 7.73. The van der Waals surface area contributed by atoms with Gasteiger partial charge in [-0.25, -0.2) is 0 Å². The molecule has 3 N–H and O–H groups in total. The minimum Gasteiger partial charge on any atom is -0.355 e. The Bertz CT molecular complexity index is 731. The minimum absolute atomic E-state index is 0.00967. The summed E-state index contributed by atoms with van der Waals surface area (Å²) in [4.78, 5) is 24.0. The minimum atomic E-state index is -0.0546. The van der Waals surface area contributed by atoms with E-state index in [2.05, 4.69) is 20.8 Å². The lowest BCUT2D eigenvalue weighted by Crippen LogP contribution is -2.34. The van der Waals surface area contributed by atoms with Crippen LogP contribution in [-0.2, 0) is 16.0 Å². The van der Waals surface area contributed by atoms with E-state index in [1.54, 1.807) is 0 Å². The number of rotatable bonds is 4. The van der Waals surface area contributed by atoms with Crippen LogP contribution in [-0.4, -0.2) is 28.6 Å². The summed E-state index contributed by atoms with van der Waals surface area (Å²) < 4.78 is 0. The number of carbonyl (C=O) groups excluding carboxylic acids is 2. The highest BCUT2D eigenvalue weighted by Crippen LogP contribution is 2.31. The van der Waals surface area contributed by atoms with E-state index in [1.165, 1.54) is 0 Å². The number of carbonyl (C=O) groups is 2. The van der Waals surface area contributed by atoms with E-state index in [4.69, 9.17) is 0 Å². The van der Waals surface area contributed by atoms with Crippen molar-refractivity contribution >= 4 is 17.5 Å². The second-order valence-corrected chi connectivity index (χ2v) is 5.93. The lowest BCUT2D eigenvalue weighted by atomic mass is 9.90. The number of hydrogen-bond donors (Lipinski definition) is 3. The first-order chi connectivity index (χ1) is 11.0. The van der Waals surface area contributed by atoms with E-state index in [0.29, 0.717) is 19.4 Å². The van der Waals surface area contributed by atoms with Crippen LogP contribution in [0.1, 0.15) is 34.9 Å². The number of H-pyrrole nitrogens is 1. The number of aromatic amines is 1. The summed E-state index contributed by atoms with van der Waals surface area (Å²) >= 11 is 0. The first-order valence-corrected chi connectivity index (χ1v) is 7.70. The van der Waals surface area contributed by atoms with Gasteiger partial charge in [0.25, 0.3) is 0 Å². The molecule has 1 aliphatic heterocycles. The Morgan fingerprint density at radius 1 is 1.35 bits per heavy atom. The highest BCUT2D eigenvalue weighted by molar-refractivity contribution is 5.94. The van der Waals surface area contributed by atoms with Gasteiger partial charge in [0.05, 0.1) is 12.1 Å². The quantitative estimate of drug-likeness (QED) is 0.804. The van der Waals surface area contributed by atoms with Gasteiger partial charge in [-0.05, 0) is 25.5 Å². The number of anilines is 1. The second kappa shape index (κ2) is 6.24. The normalized spacial score (nSPS) is 16.6. The smallest absolute Gasteiger partial charge is 0.225 e. The van der Waals surface area contributed by atoms with Gasteiger partial charge >= 0.3 is 0 Å². The maximum absolute atomic E-state index is 12.2. The number of aromatic nitrogens is 2. The van der Waals surface area contributed by atoms with E-state index < -0.39 is 0 Å². The first kappa shape index (κ1) is 15.3. The predicted molar refractivity (Wildman–Crippen MR) is 87.2 cm³/mol. The Morgan fingerprint density at radius 3 is 2.87 bits per heavy atom. The van der Waals surface area contributed by atoms with Crippen molar-refractivity contribution < 1.29 is 9.59 Å². The Kier molecular flexibility index (Phi) is 4.14. The van der Waals surface area contributed by atoms with Crippen LogP contribution >= 0.6 is 0 Å². The fraction of sp³-hybridized carbons (Fsp3) is 0.353. The van der Waals surface area contributed by atoms with Crippen LogP contribution in [0, 0.1) is 13.8 Å². The molecule has 0 saturated carbocycles. The standard InChI is InChI=1S/C17H20N4O2/c1-10-14(11(2)21-20-10)8-16(22)18-9-12-7-17(23)19-15-6-4-3-5-13(12)15/h3-6,12H,7-9H2,1-2H3,(H,18,22)(H,19,23)(H,20,21). The van der Waals surface area contributed by atoms with Gasteiger partial charge in [0, 0.05) is 35.8 Å². The summed E-state index contributed by atoms with van der Waals surface area (Å²) in [5.74, 6) is -0.0546. The zero-order valence-corrected chi connectivity index (χ0v) is 13.3. The average molecular weight is 312 g/mol. The van der Waals surface area contributed by atoms with Crippen molar-refractivity contribution in [2.45, 2.75) is 32.6 Å². The van der Waals surface area contributed by atoms with E-state index in [-0.39, 0.29) is 17.7 Å². The van der Waals surface area contributed by atoms with Crippen LogP contribution in [0.25, 0.3) is 0 Å². The van der Waals surface area contributed by atoms with Gasteiger partial charge in [0.2, 0.25) is 11.8 Å². The molecule has 2 amide bonds. The average Bonchev–Trinajstić information content (AvgIpc) is 2.84. The molecule has 120 valence electrons. The van der Waals surface area contributed by atoms with Crippen LogP contribution in [0.5, 0.6) is 0 Å². The van der Waals surface area contributed by atoms with Crippen molar-refractivity contribution in [2.24, 2.45) is 0 Å². The van der Waals surface area contributed by atoms with Gasteiger partial charge in [-0.1, -0.05) is 18.2 Å². The Morgan fingerprint density at radius 2 is 2.13 bits per heavy atom. The monoisotopic (exact) mass is 312 g/mol. The molecule has 6 nitrogen and oxygen atoms in total.